The van der Waals surface area contributed by atoms with Gasteiger partial charge in [0.05, 0.1) is 17.6 Å². The third-order valence-corrected chi connectivity index (χ3v) is 6.67. The Balaban J connectivity index is 1.46. The first-order valence-corrected chi connectivity index (χ1v) is 12.0. The van der Waals surface area contributed by atoms with Crippen molar-refractivity contribution in [2.24, 2.45) is 0 Å². The van der Waals surface area contributed by atoms with Crippen LogP contribution in [0.5, 0.6) is 11.5 Å². The van der Waals surface area contributed by atoms with Crippen LogP contribution in [0.1, 0.15) is 40.9 Å². The SMILES string of the molecule is Cc1cc(C(=O)Nc2ccc(F)c(C(C)(C)C(=O)O)c2)c(C)cc1OC[C@@H]1CN(C)c2ccccc2O1. The van der Waals surface area contributed by atoms with E-state index in [-0.39, 0.29) is 17.6 Å². The Kier molecular flexibility index (Phi) is 7.12. The fraction of sp³-hybridized carbons (Fsp3) is 0.310. The van der Waals surface area contributed by atoms with E-state index < -0.39 is 17.2 Å². The molecule has 0 bridgehead atoms. The number of carboxylic acids is 1. The number of hydrogen-bond acceptors (Lipinski definition) is 5. The van der Waals surface area contributed by atoms with E-state index in [4.69, 9.17) is 9.47 Å². The van der Waals surface area contributed by atoms with Gasteiger partial charge >= 0.3 is 5.97 Å². The summed E-state index contributed by atoms with van der Waals surface area (Å²) >= 11 is 0. The molecule has 4 rings (SSSR count). The molecule has 0 aliphatic carbocycles. The maximum absolute atomic E-state index is 14.3. The molecule has 1 aliphatic rings. The highest BCUT2D eigenvalue weighted by molar-refractivity contribution is 6.05. The average molecular weight is 507 g/mol. The lowest BCUT2D eigenvalue weighted by atomic mass is 9.84. The van der Waals surface area contributed by atoms with E-state index >= 15 is 0 Å². The van der Waals surface area contributed by atoms with Crippen molar-refractivity contribution in [2.75, 3.05) is 30.4 Å². The van der Waals surface area contributed by atoms with E-state index in [1.807, 2.05) is 51.2 Å². The molecule has 37 heavy (non-hydrogen) atoms. The van der Waals surface area contributed by atoms with E-state index in [0.29, 0.717) is 35.7 Å². The largest absolute Gasteiger partial charge is 0.489 e. The number of aryl methyl sites for hydroxylation is 2. The Morgan fingerprint density at radius 2 is 1.86 bits per heavy atom. The van der Waals surface area contributed by atoms with Gasteiger partial charge in [-0.1, -0.05) is 12.1 Å². The van der Waals surface area contributed by atoms with Crippen LogP contribution in [-0.2, 0) is 10.2 Å². The van der Waals surface area contributed by atoms with Crippen LogP contribution < -0.4 is 19.7 Å². The second-order valence-electron chi connectivity index (χ2n) is 9.91. The van der Waals surface area contributed by atoms with E-state index in [2.05, 4.69) is 10.2 Å². The van der Waals surface area contributed by atoms with Gasteiger partial charge in [0, 0.05) is 23.9 Å². The van der Waals surface area contributed by atoms with E-state index in [0.717, 1.165) is 23.1 Å². The maximum Gasteiger partial charge on any atom is 0.313 e. The number of aliphatic carboxylic acids is 1. The highest BCUT2D eigenvalue weighted by atomic mass is 19.1. The van der Waals surface area contributed by atoms with Crippen LogP contribution in [0, 0.1) is 19.7 Å². The lowest BCUT2D eigenvalue weighted by molar-refractivity contribution is -0.142. The van der Waals surface area contributed by atoms with Gasteiger partial charge in [0.15, 0.2) is 0 Å². The molecule has 2 N–H and O–H groups in total. The minimum Gasteiger partial charge on any atom is -0.489 e. The van der Waals surface area contributed by atoms with Gasteiger partial charge in [-0.15, -0.1) is 0 Å². The molecule has 3 aromatic carbocycles. The van der Waals surface area contributed by atoms with Crippen molar-refractivity contribution in [2.45, 2.75) is 39.2 Å². The van der Waals surface area contributed by atoms with Crippen LogP contribution in [0.4, 0.5) is 15.8 Å². The van der Waals surface area contributed by atoms with Crippen LogP contribution in [0.2, 0.25) is 0 Å². The predicted molar refractivity (Wildman–Crippen MR) is 141 cm³/mol. The average Bonchev–Trinajstić information content (AvgIpc) is 2.85. The summed E-state index contributed by atoms with van der Waals surface area (Å²) in [6, 6.07) is 15.4. The monoisotopic (exact) mass is 506 g/mol. The van der Waals surface area contributed by atoms with Gasteiger partial charge in [-0.25, -0.2) is 4.39 Å². The zero-order chi connectivity index (χ0) is 26.9. The van der Waals surface area contributed by atoms with Gasteiger partial charge in [0.1, 0.15) is 30.0 Å². The van der Waals surface area contributed by atoms with Crippen LogP contribution in [0.3, 0.4) is 0 Å². The van der Waals surface area contributed by atoms with E-state index in [9.17, 15) is 19.1 Å². The summed E-state index contributed by atoms with van der Waals surface area (Å²) in [4.78, 5) is 26.8. The first-order chi connectivity index (χ1) is 17.5. The van der Waals surface area contributed by atoms with Crippen molar-refractivity contribution in [1.82, 2.24) is 0 Å². The van der Waals surface area contributed by atoms with Crippen molar-refractivity contribution in [1.29, 1.82) is 0 Å². The Hall–Kier alpha value is -4.07. The molecule has 3 aromatic rings. The molecule has 0 unspecified atom stereocenters. The molecule has 1 amide bonds. The second kappa shape index (κ2) is 10.1. The van der Waals surface area contributed by atoms with Crippen molar-refractivity contribution in [3.63, 3.8) is 0 Å². The van der Waals surface area contributed by atoms with Crippen molar-refractivity contribution in [3.8, 4) is 11.5 Å². The lowest BCUT2D eigenvalue weighted by Gasteiger charge is -2.33. The fourth-order valence-corrected chi connectivity index (χ4v) is 4.35. The number of anilines is 2. The highest BCUT2D eigenvalue weighted by Gasteiger charge is 2.32. The number of para-hydroxylation sites is 2. The molecular weight excluding hydrogens is 475 g/mol. The third-order valence-electron chi connectivity index (χ3n) is 6.67. The molecule has 0 radical (unpaired) electrons. The molecule has 194 valence electrons. The summed E-state index contributed by atoms with van der Waals surface area (Å²) in [5.74, 6) is -0.708. The molecule has 1 atom stereocenters. The number of amides is 1. The number of benzene rings is 3. The Morgan fingerprint density at radius 3 is 2.59 bits per heavy atom. The Bertz CT molecular complexity index is 1350. The minimum atomic E-state index is -1.45. The maximum atomic E-state index is 14.3. The number of carbonyl (C=O) groups excluding carboxylic acids is 1. The van der Waals surface area contributed by atoms with E-state index in [1.165, 1.54) is 26.0 Å². The minimum absolute atomic E-state index is 0.00681. The highest BCUT2D eigenvalue weighted by Crippen LogP contribution is 2.33. The lowest BCUT2D eigenvalue weighted by Crippen LogP contribution is -2.41. The summed E-state index contributed by atoms with van der Waals surface area (Å²) in [6.07, 6.45) is -0.148. The summed E-state index contributed by atoms with van der Waals surface area (Å²) in [7, 11) is 2.02. The van der Waals surface area contributed by atoms with Gasteiger partial charge in [0.25, 0.3) is 5.91 Å². The fourth-order valence-electron chi connectivity index (χ4n) is 4.35. The number of halogens is 1. The van der Waals surface area contributed by atoms with Crippen LogP contribution in [0.15, 0.2) is 54.6 Å². The standard InChI is InChI=1S/C29H31FN2O5/c1-17-13-26(36-16-20-15-32(5)24-8-6-7-9-25(24)37-20)18(2)12-21(17)27(33)31-19-10-11-23(30)22(14-19)29(3,4)28(34)35/h6-14,20H,15-16H2,1-5H3,(H,31,33)(H,34,35)/t20-/m0/s1. The number of carboxylic acid groups (broad SMARTS) is 1. The number of carbonyl (C=O) groups is 2. The molecule has 0 fully saturated rings. The molecule has 0 saturated carbocycles. The number of nitrogens with one attached hydrogen (secondary N) is 1. The van der Waals surface area contributed by atoms with Crippen molar-refractivity contribution in [3.05, 3.63) is 82.7 Å². The number of nitrogens with zero attached hydrogens (tertiary/aromatic N) is 1. The van der Waals surface area contributed by atoms with Gasteiger partial charge in [-0.2, -0.15) is 0 Å². The summed E-state index contributed by atoms with van der Waals surface area (Å²) in [6.45, 7) is 7.55. The molecule has 8 heteroatoms. The summed E-state index contributed by atoms with van der Waals surface area (Å²) in [5, 5.41) is 12.2. The second-order valence-corrected chi connectivity index (χ2v) is 9.91. The molecule has 1 aliphatic heterocycles. The summed E-state index contributed by atoms with van der Waals surface area (Å²) in [5.41, 5.74) is 1.83. The Morgan fingerprint density at radius 1 is 1.14 bits per heavy atom. The normalized spacial score (nSPS) is 15.0. The quantitative estimate of drug-likeness (QED) is 0.450. The molecule has 7 nitrogen and oxygen atoms in total. The Labute approximate surface area is 215 Å². The molecular formula is C29H31FN2O5. The van der Waals surface area contributed by atoms with Gasteiger partial charge < -0.3 is 24.8 Å². The number of ether oxygens (including phenoxy) is 2. The smallest absolute Gasteiger partial charge is 0.313 e. The third kappa shape index (κ3) is 5.38. The molecule has 0 aromatic heterocycles. The zero-order valence-corrected chi connectivity index (χ0v) is 21.6. The van der Waals surface area contributed by atoms with Crippen molar-refractivity contribution < 1.29 is 28.6 Å². The first-order valence-electron chi connectivity index (χ1n) is 12.0. The summed E-state index contributed by atoms with van der Waals surface area (Å²) < 4.78 is 26.5. The van der Waals surface area contributed by atoms with Crippen molar-refractivity contribution >= 4 is 23.3 Å². The number of rotatable bonds is 7. The van der Waals surface area contributed by atoms with Gasteiger partial charge in [-0.3, -0.25) is 9.59 Å². The van der Waals surface area contributed by atoms with Gasteiger partial charge in [0.2, 0.25) is 0 Å². The van der Waals surface area contributed by atoms with Crippen LogP contribution >= 0.6 is 0 Å². The van der Waals surface area contributed by atoms with E-state index in [1.54, 1.807) is 6.07 Å². The number of fused-ring (bicyclic) bond motifs is 1. The topological polar surface area (TPSA) is 88.1 Å². The van der Waals surface area contributed by atoms with Crippen LogP contribution in [-0.4, -0.2) is 43.3 Å². The zero-order valence-electron chi connectivity index (χ0n) is 21.6. The molecule has 1 heterocycles. The van der Waals surface area contributed by atoms with Gasteiger partial charge in [-0.05, 0) is 81.3 Å². The molecule has 0 saturated heterocycles. The van der Waals surface area contributed by atoms with Crippen LogP contribution in [0.25, 0.3) is 0 Å². The first kappa shape index (κ1) is 26.0. The number of likely N-dealkylation sites (N-methyl/N-ethyl adjacent to an activating group) is 1. The number of hydrogen-bond donors (Lipinski definition) is 2. The molecule has 0 spiro atoms. The predicted octanol–water partition coefficient (Wildman–Crippen LogP) is 5.33.